The van der Waals surface area contributed by atoms with Gasteiger partial charge in [0.15, 0.2) is 0 Å². The minimum absolute atomic E-state index is 0.379. The SMILES string of the molecule is CCc1cccc2c1-n1nc3c(c1C1(C)C2=CC(C)(Cl)c2[nH]ccc21)CN(c1ncc(Cl)c(OC)n1)CC3. The van der Waals surface area contributed by atoms with Crippen LogP contribution in [0.1, 0.15) is 60.1 Å². The quantitative estimate of drug-likeness (QED) is 0.321. The summed E-state index contributed by atoms with van der Waals surface area (Å²) in [5, 5.41) is 5.68. The molecule has 0 fully saturated rings. The second kappa shape index (κ2) is 8.10. The monoisotopic (exact) mass is 546 g/mol. The summed E-state index contributed by atoms with van der Waals surface area (Å²) in [6.07, 6.45) is 7.54. The van der Waals surface area contributed by atoms with E-state index in [1.54, 1.807) is 13.3 Å². The van der Waals surface area contributed by atoms with E-state index in [9.17, 15) is 0 Å². The number of methoxy groups -OCH3 is 1. The zero-order valence-electron chi connectivity index (χ0n) is 21.8. The second-order valence-electron chi connectivity index (χ2n) is 10.6. The van der Waals surface area contributed by atoms with Crippen LogP contribution in [0.5, 0.6) is 5.88 Å². The van der Waals surface area contributed by atoms with E-state index in [0.717, 1.165) is 36.5 Å². The van der Waals surface area contributed by atoms with Crippen molar-refractivity contribution in [2.75, 3.05) is 18.6 Å². The van der Waals surface area contributed by atoms with Gasteiger partial charge in [-0.15, -0.1) is 11.6 Å². The van der Waals surface area contributed by atoms with Gasteiger partial charge < -0.3 is 14.6 Å². The molecule has 0 spiro atoms. The Morgan fingerprint density at radius 2 is 2.05 bits per heavy atom. The van der Waals surface area contributed by atoms with Crippen LogP contribution in [0.4, 0.5) is 5.95 Å². The normalized spacial score (nSPS) is 23.1. The van der Waals surface area contributed by atoms with Gasteiger partial charge in [0.2, 0.25) is 11.8 Å². The number of nitrogens with zero attached hydrogens (tertiary/aromatic N) is 5. The first-order valence-corrected chi connectivity index (χ1v) is 13.7. The number of allylic oxidation sites excluding steroid dienone is 2. The summed E-state index contributed by atoms with van der Waals surface area (Å²) in [6, 6.07) is 8.75. The number of aryl methyl sites for hydroxylation is 1. The first-order chi connectivity index (χ1) is 18.3. The Balaban J connectivity index is 1.49. The number of benzene rings is 1. The van der Waals surface area contributed by atoms with Gasteiger partial charge in [0.25, 0.3) is 0 Å². The minimum atomic E-state index is -0.644. The molecule has 0 amide bonds. The number of ether oxygens (including phenoxy) is 1. The Labute approximate surface area is 231 Å². The van der Waals surface area contributed by atoms with Crippen molar-refractivity contribution in [2.45, 2.75) is 50.4 Å². The van der Waals surface area contributed by atoms with Gasteiger partial charge in [0.1, 0.15) is 9.90 Å². The van der Waals surface area contributed by atoms with Crippen molar-refractivity contribution >= 4 is 34.7 Å². The van der Waals surface area contributed by atoms with Crippen molar-refractivity contribution in [3.05, 3.63) is 87.1 Å². The Hall–Kier alpha value is -3.29. The van der Waals surface area contributed by atoms with Crippen molar-refractivity contribution in [1.82, 2.24) is 24.7 Å². The molecule has 0 bridgehead atoms. The van der Waals surface area contributed by atoms with E-state index in [1.807, 2.05) is 6.20 Å². The molecule has 1 aliphatic carbocycles. The van der Waals surface area contributed by atoms with Gasteiger partial charge in [-0.05, 0) is 43.0 Å². The third-order valence-corrected chi connectivity index (χ3v) is 8.97. The van der Waals surface area contributed by atoms with Crippen LogP contribution in [0.25, 0.3) is 11.3 Å². The topological polar surface area (TPSA) is 71.9 Å². The molecule has 1 aromatic carbocycles. The molecule has 4 aromatic rings. The number of rotatable bonds is 3. The van der Waals surface area contributed by atoms with Gasteiger partial charge in [0.05, 0.1) is 35.8 Å². The van der Waals surface area contributed by atoms with E-state index in [-0.39, 0.29) is 0 Å². The van der Waals surface area contributed by atoms with Crippen LogP contribution in [0, 0.1) is 0 Å². The first kappa shape index (κ1) is 23.8. The summed E-state index contributed by atoms with van der Waals surface area (Å²) in [5.41, 5.74) is 10.1. The van der Waals surface area contributed by atoms with Gasteiger partial charge in [-0.2, -0.15) is 10.1 Å². The van der Waals surface area contributed by atoms with Crippen molar-refractivity contribution in [3.8, 4) is 11.6 Å². The third kappa shape index (κ3) is 3.06. The van der Waals surface area contributed by atoms with Crippen LogP contribution < -0.4 is 9.64 Å². The van der Waals surface area contributed by atoms with Gasteiger partial charge in [-0.3, -0.25) is 0 Å². The summed E-state index contributed by atoms with van der Waals surface area (Å²) >= 11 is 13.4. The number of fused-ring (bicyclic) bond motifs is 10. The van der Waals surface area contributed by atoms with E-state index in [1.165, 1.54) is 33.5 Å². The average molecular weight is 547 g/mol. The number of alkyl halides is 1. The fourth-order valence-electron chi connectivity index (χ4n) is 6.63. The molecule has 3 aliphatic rings. The third-order valence-electron chi connectivity index (χ3n) is 8.41. The second-order valence-corrected chi connectivity index (χ2v) is 11.8. The smallest absolute Gasteiger partial charge is 0.237 e. The van der Waals surface area contributed by atoms with Crippen LogP contribution in [-0.4, -0.2) is 38.4 Å². The van der Waals surface area contributed by atoms with Crippen LogP contribution in [0.2, 0.25) is 5.02 Å². The lowest BCUT2D eigenvalue weighted by atomic mass is 9.63. The van der Waals surface area contributed by atoms with E-state index in [0.29, 0.717) is 23.4 Å². The molecular formula is C29H28Cl2N6O. The molecule has 7 nitrogen and oxygen atoms in total. The van der Waals surface area contributed by atoms with Crippen molar-refractivity contribution in [2.24, 2.45) is 0 Å². The first-order valence-electron chi connectivity index (χ1n) is 12.9. The Kier molecular flexibility index (Phi) is 5.08. The molecule has 5 heterocycles. The van der Waals surface area contributed by atoms with E-state index >= 15 is 0 Å². The number of aromatic nitrogens is 5. The zero-order chi connectivity index (χ0) is 26.4. The fraction of sp³-hybridized carbons (Fsp3) is 0.345. The molecule has 2 aliphatic heterocycles. The number of nitrogens with one attached hydrogen (secondary N) is 1. The average Bonchev–Trinajstić information content (AvgIpc) is 3.57. The van der Waals surface area contributed by atoms with Crippen molar-refractivity contribution in [1.29, 1.82) is 0 Å². The molecule has 2 atom stereocenters. The van der Waals surface area contributed by atoms with Crippen molar-refractivity contribution in [3.63, 3.8) is 0 Å². The molecule has 2 unspecified atom stereocenters. The van der Waals surface area contributed by atoms with Crippen molar-refractivity contribution < 1.29 is 4.74 Å². The van der Waals surface area contributed by atoms with Gasteiger partial charge in [0, 0.05) is 42.5 Å². The lowest BCUT2D eigenvalue weighted by Gasteiger charge is -2.45. The van der Waals surface area contributed by atoms with Crippen LogP contribution >= 0.6 is 23.2 Å². The maximum absolute atomic E-state index is 7.18. The van der Waals surface area contributed by atoms with Gasteiger partial charge >= 0.3 is 0 Å². The van der Waals surface area contributed by atoms with Crippen LogP contribution in [0.15, 0.2) is 42.7 Å². The molecule has 0 saturated carbocycles. The number of aromatic amines is 1. The molecule has 38 heavy (non-hydrogen) atoms. The number of H-pyrrole nitrogens is 1. The maximum Gasteiger partial charge on any atom is 0.237 e. The molecule has 0 radical (unpaired) electrons. The maximum atomic E-state index is 7.18. The lowest BCUT2D eigenvalue weighted by molar-refractivity contribution is 0.396. The number of para-hydroxylation sites is 1. The molecule has 7 rings (SSSR count). The fourth-order valence-corrected chi connectivity index (χ4v) is 7.06. The largest absolute Gasteiger partial charge is 0.480 e. The van der Waals surface area contributed by atoms with Crippen LogP contribution in [0.3, 0.4) is 0 Å². The van der Waals surface area contributed by atoms with E-state index in [2.05, 4.69) is 75.6 Å². The molecular weight excluding hydrogens is 519 g/mol. The summed E-state index contributed by atoms with van der Waals surface area (Å²) in [6.45, 7) is 7.97. The highest BCUT2D eigenvalue weighted by molar-refractivity contribution is 6.31. The molecule has 194 valence electrons. The predicted molar refractivity (Wildman–Crippen MR) is 150 cm³/mol. The molecule has 9 heteroatoms. The lowest BCUT2D eigenvalue weighted by Crippen LogP contribution is -2.41. The predicted octanol–water partition coefficient (Wildman–Crippen LogP) is 5.95. The Morgan fingerprint density at radius 1 is 1.21 bits per heavy atom. The summed E-state index contributed by atoms with van der Waals surface area (Å²) in [7, 11) is 1.57. The highest BCUT2D eigenvalue weighted by Crippen LogP contribution is 2.58. The van der Waals surface area contributed by atoms with Gasteiger partial charge in [-0.1, -0.05) is 42.8 Å². The Morgan fingerprint density at radius 3 is 2.84 bits per heavy atom. The van der Waals surface area contributed by atoms with Crippen LogP contribution in [-0.2, 0) is 29.7 Å². The molecule has 0 saturated heterocycles. The number of hydrogen-bond donors (Lipinski definition) is 1. The molecule has 1 N–H and O–H groups in total. The van der Waals surface area contributed by atoms with E-state index < -0.39 is 10.3 Å². The number of hydrogen-bond acceptors (Lipinski definition) is 5. The highest BCUT2D eigenvalue weighted by Gasteiger charge is 2.51. The minimum Gasteiger partial charge on any atom is -0.480 e. The summed E-state index contributed by atoms with van der Waals surface area (Å²) < 4.78 is 7.59. The molecule has 3 aromatic heterocycles. The standard InChI is InChI=1S/C29H28Cl2N6O/c1-5-16-7-6-8-17-20-13-28(2,31)24-19(9-11-32-24)29(20,3)25-18-15-36(12-10-22(18)35-37(25)23(16)17)27-33-14-21(30)26(34-27)38-4/h6-9,11,13-14,32H,5,10,12,15H2,1-4H3. The number of halogens is 2. The summed E-state index contributed by atoms with van der Waals surface area (Å²) in [4.78, 5) is 14.1. The number of anilines is 1. The van der Waals surface area contributed by atoms with Gasteiger partial charge in [-0.25, -0.2) is 9.67 Å². The zero-order valence-corrected chi connectivity index (χ0v) is 23.3. The van der Waals surface area contributed by atoms with E-state index in [4.69, 9.17) is 33.0 Å². The Bertz CT molecular complexity index is 1650. The highest BCUT2D eigenvalue weighted by atomic mass is 35.5. The summed E-state index contributed by atoms with van der Waals surface area (Å²) in [5.74, 6) is 0.978.